The van der Waals surface area contributed by atoms with Crippen LogP contribution in [0.1, 0.15) is 18.1 Å². The van der Waals surface area contributed by atoms with Gasteiger partial charge in [0.25, 0.3) is 0 Å². The fourth-order valence-electron chi connectivity index (χ4n) is 4.77. The third-order valence-electron chi connectivity index (χ3n) is 6.80. The Morgan fingerprint density at radius 3 is 2.82 bits per heavy atom. The number of nitrogens with one attached hydrogen (secondary N) is 2. The van der Waals surface area contributed by atoms with Crippen molar-refractivity contribution in [2.24, 2.45) is 0 Å². The van der Waals surface area contributed by atoms with Gasteiger partial charge in [0.05, 0.1) is 29.7 Å². The smallest absolute Gasteiger partial charge is 0.232 e. The summed E-state index contributed by atoms with van der Waals surface area (Å²) < 4.78 is 41.4. The summed E-state index contributed by atoms with van der Waals surface area (Å²) in [5.41, 5.74) is 3.61. The molecule has 1 saturated heterocycles. The first kappa shape index (κ1) is 26.4. The molecule has 12 heteroatoms. The van der Waals surface area contributed by atoms with Gasteiger partial charge in [-0.05, 0) is 55.0 Å². The van der Waals surface area contributed by atoms with E-state index in [9.17, 15) is 18.1 Å². The van der Waals surface area contributed by atoms with E-state index in [1.54, 1.807) is 18.5 Å². The van der Waals surface area contributed by atoms with E-state index < -0.39 is 15.8 Å². The van der Waals surface area contributed by atoms with Gasteiger partial charge in [-0.15, -0.1) is 0 Å². The molecule has 0 saturated carbocycles. The Kier molecular flexibility index (Phi) is 7.12. The highest BCUT2D eigenvalue weighted by molar-refractivity contribution is 7.92. The topological polar surface area (TPSA) is 119 Å². The molecule has 1 atom stereocenters. The summed E-state index contributed by atoms with van der Waals surface area (Å²) in [6.45, 7) is 4.84. The Bertz CT molecular complexity index is 1680. The number of fused-ring (bicyclic) bond motifs is 1. The van der Waals surface area contributed by atoms with Crippen LogP contribution in [0.25, 0.3) is 11.0 Å². The summed E-state index contributed by atoms with van der Waals surface area (Å²) in [7, 11) is -2.10. The van der Waals surface area contributed by atoms with Gasteiger partial charge >= 0.3 is 0 Å². The Morgan fingerprint density at radius 1 is 1.26 bits per heavy atom. The highest BCUT2D eigenvalue weighted by atomic mass is 32.2. The van der Waals surface area contributed by atoms with Gasteiger partial charge in [-0.3, -0.25) is 4.31 Å². The van der Waals surface area contributed by atoms with Crippen LogP contribution in [-0.4, -0.2) is 61.9 Å². The molecule has 0 radical (unpaired) electrons. The Hall–Kier alpha value is -4.21. The van der Waals surface area contributed by atoms with E-state index in [4.69, 9.17) is 0 Å². The number of nitrogens with zero attached hydrogens (tertiary/aromatic N) is 6. The van der Waals surface area contributed by atoms with Crippen molar-refractivity contribution in [2.75, 3.05) is 47.5 Å². The number of rotatable bonds is 7. The lowest BCUT2D eigenvalue weighted by Crippen LogP contribution is -2.49. The van der Waals surface area contributed by atoms with Crippen LogP contribution in [0.5, 0.6) is 0 Å². The number of sulfonamides is 1. The van der Waals surface area contributed by atoms with Gasteiger partial charge in [-0.25, -0.2) is 17.8 Å². The Balaban J connectivity index is 1.42. The van der Waals surface area contributed by atoms with Crippen molar-refractivity contribution in [3.63, 3.8) is 0 Å². The van der Waals surface area contributed by atoms with Crippen molar-refractivity contribution in [1.82, 2.24) is 19.9 Å². The molecule has 4 aromatic rings. The largest absolute Gasteiger partial charge is 0.368 e. The van der Waals surface area contributed by atoms with Gasteiger partial charge in [0, 0.05) is 56.2 Å². The predicted molar refractivity (Wildman–Crippen MR) is 150 cm³/mol. The summed E-state index contributed by atoms with van der Waals surface area (Å²) in [6.07, 6.45) is 4.58. The van der Waals surface area contributed by atoms with E-state index in [0.29, 0.717) is 40.1 Å². The van der Waals surface area contributed by atoms with Crippen LogP contribution in [0.2, 0.25) is 0 Å². The zero-order valence-electron chi connectivity index (χ0n) is 21.9. The van der Waals surface area contributed by atoms with Gasteiger partial charge in [-0.2, -0.15) is 10.2 Å². The molecule has 1 aliphatic heterocycles. The van der Waals surface area contributed by atoms with E-state index in [2.05, 4.69) is 38.5 Å². The minimum atomic E-state index is -3.54. The predicted octanol–water partition coefficient (Wildman–Crippen LogP) is 3.43. The lowest BCUT2D eigenvalue weighted by molar-refractivity contribution is 0.484. The summed E-state index contributed by atoms with van der Waals surface area (Å²) in [5.74, 6) is -0.126. The highest BCUT2D eigenvalue weighted by Crippen LogP contribution is 2.28. The molecule has 0 spiro atoms. The van der Waals surface area contributed by atoms with Crippen LogP contribution in [0.3, 0.4) is 0 Å². The average molecular weight is 549 g/mol. The summed E-state index contributed by atoms with van der Waals surface area (Å²) in [6, 6.07) is 14.1. The molecule has 0 aliphatic carbocycles. The zero-order chi connectivity index (χ0) is 27.7. The Labute approximate surface area is 226 Å². The molecule has 39 heavy (non-hydrogen) atoms. The molecular weight excluding hydrogens is 519 g/mol. The number of halogens is 1. The number of nitriles is 1. The minimum absolute atomic E-state index is 0.198. The first-order chi connectivity index (χ1) is 18.6. The van der Waals surface area contributed by atoms with Crippen molar-refractivity contribution in [3.8, 4) is 6.07 Å². The van der Waals surface area contributed by atoms with Crippen molar-refractivity contribution in [3.05, 3.63) is 71.8 Å². The van der Waals surface area contributed by atoms with E-state index >= 15 is 0 Å². The van der Waals surface area contributed by atoms with Crippen LogP contribution < -0.4 is 19.8 Å². The Morgan fingerprint density at radius 2 is 2.08 bits per heavy atom. The molecule has 0 bridgehead atoms. The molecule has 1 fully saturated rings. The van der Waals surface area contributed by atoms with Crippen LogP contribution in [0.15, 0.2) is 54.9 Å². The van der Waals surface area contributed by atoms with Crippen LogP contribution in [0, 0.1) is 17.1 Å². The summed E-state index contributed by atoms with van der Waals surface area (Å²) in [4.78, 5) is 11.3. The molecule has 0 amide bonds. The summed E-state index contributed by atoms with van der Waals surface area (Å²) >= 11 is 0. The first-order valence-corrected chi connectivity index (χ1v) is 14.3. The number of benzene rings is 2. The second-order valence-electron chi connectivity index (χ2n) is 9.69. The molecule has 10 nitrogen and oxygen atoms in total. The van der Waals surface area contributed by atoms with E-state index in [-0.39, 0.29) is 6.54 Å². The fraction of sp³-hybridized carbons (Fsp3) is 0.296. The lowest BCUT2D eigenvalue weighted by Gasteiger charge is -2.34. The molecule has 1 unspecified atom stereocenters. The van der Waals surface area contributed by atoms with Crippen molar-refractivity contribution in [2.45, 2.75) is 19.5 Å². The number of hydrogen-bond acceptors (Lipinski definition) is 8. The normalized spacial score (nSPS) is 15.8. The number of piperazine rings is 1. The van der Waals surface area contributed by atoms with Crippen LogP contribution in [-0.2, 0) is 16.6 Å². The number of aromatic nitrogens is 3. The van der Waals surface area contributed by atoms with Crippen molar-refractivity contribution >= 4 is 44.1 Å². The van der Waals surface area contributed by atoms with Crippen molar-refractivity contribution < 1.29 is 12.8 Å². The quantitative estimate of drug-likeness (QED) is 0.361. The molecule has 2 N–H and O–H groups in total. The molecule has 3 heterocycles. The lowest BCUT2D eigenvalue weighted by atomic mass is 10.1. The minimum Gasteiger partial charge on any atom is -0.368 e. The van der Waals surface area contributed by atoms with Crippen LogP contribution >= 0.6 is 0 Å². The van der Waals surface area contributed by atoms with Gasteiger partial charge in [-0.1, -0.05) is 0 Å². The zero-order valence-corrected chi connectivity index (χ0v) is 22.7. The average Bonchev–Trinajstić information content (AvgIpc) is 3.29. The highest BCUT2D eigenvalue weighted by Gasteiger charge is 2.20. The maximum Gasteiger partial charge on any atom is 0.232 e. The summed E-state index contributed by atoms with van der Waals surface area (Å²) in [5, 5.41) is 17.2. The van der Waals surface area contributed by atoms with Crippen molar-refractivity contribution in [1.29, 1.82) is 5.26 Å². The van der Waals surface area contributed by atoms with Gasteiger partial charge < -0.3 is 20.1 Å². The third-order valence-corrected chi connectivity index (χ3v) is 8.00. The molecule has 202 valence electrons. The molecule has 2 aromatic heterocycles. The first-order valence-electron chi connectivity index (χ1n) is 12.5. The second-order valence-corrected chi connectivity index (χ2v) is 11.7. The maximum absolute atomic E-state index is 14.1. The number of hydrogen-bond donors (Lipinski definition) is 2. The third kappa shape index (κ3) is 5.64. The van der Waals surface area contributed by atoms with Gasteiger partial charge in [0.2, 0.25) is 16.0 Å². The van der Waals surface area contributed by atoms with Gasteiger partial charge in [0.1, 0.15) is 17.5 Å². The van der Waals surface area contributed by atoms with E-state index in [1.165, 1.54) is 25.2 Å². The number of anilines is 4. The SMILES string of the molecule is CC1CN(c2ccc(Nc3ncc4ccn(Cc5cc(F)ccc5N(C)S(C)(=O)=O)c4n3)cc2C#N)CCN1. The van der Waals surface area contributed by atoms with Crippen LogP contribution in [0.4, 0.5) is 27.4 Å². The standard InChI is InChI=1S/C27H29FN8O2S/c1-18-16-35(11-9-30-18)25-7-5-23(13-20(25)14-29)32-27-31-15-19-8-10-36(26(19)33-27)17-21-12-22(28)4-6-24(21)34(2)39(3,37)38/h4-8,10,12-13,15,18,30H,9,11,16-17H2,1-3H3,(H,31,32,33). The van der Waals surface area contributed by atoms with Gasteiger partial charge in [0.15, 0.2) is 0 Å². The molecule has 2 aromatic carbocycles. The molecule has 5 rings (SSSR count). The molecular formula is C27H29FN8O2S. The second kappa shape index (κ2) is 10.5. The fourth-order valence-corrected chi connectivity index (χ4v) is 5.30. The van der Waals surface area contributed by atoms with E-state index in [0.717, 1.165) is 41.3 Å². The monoisotopic (exact) mass is 548 g/mol. The molecule has 1 aliphatic rings. The maximum atomic E-state index is 14.1. The van der Waals surface area contributed by atoms with E-state index in [1.807, 2.05) is 22.8 Å².